The van der Waals surface area contributed by atoms with Crippen LogP contribution >= 0.6 is 0 Å². The number of halogens is 3. The summed E-state index contributed by atoms with van der Waals surface area (Å²) >= 11 is 0. The van der Waals surface area contributed by atoms with E-state index in [2.05, 4.69) is 5.32 Å². The molecule has 1 heterocycles. The largest absolute Gasteiger partial charge is 0.398 e. The van der Waals surface area contributed by atoms with Gasteiger partial charge in [-0.15, -0.1) is 0 Å². The second-order valence-corrected chi connectivity index (χ2v) is 4.17. The molecule has 2 atom stereocenters. The third kappa shape index (κ3) is 2.55. The van der Waals surface area contributed by atoms with Crippen LogP contribution in [0.5, 0.6) is 0 Å². The molecular weight excluding hydrogens is 215 g/mol. The first-order chi connectivity index (χ1) is 7.57. The van der Waals surface area contributed by atoms with Gasteiger partial charge in [0.2, 0.25) is 0 Å². The molecule has 1 aliphatic carbocycles. The number of hydrogen-bond donors (Lipinski definition) is 1. The summed E-state index contributed by atoms with van der Waals surface area (Å²) < 4.78 is 37.9. The zero-order valence-corrected chi connectivity index (χ0v) is 8.80. The summed E-state index contributed by atoms with van der Waals surface area (Å²) in [4.78, 5) is 0. The third-order valence-electron chi connectivity index (χ3n) is 3.00. The predicted octanol–water partition coefficient (Wildman–Crippen LogP) is 2.83. The Bertz CT molecular complexity index is 333. The highest BCUT2D eigenvalue weighted by molar-refractivity contribution is 5.31. The Morgan fingerprint density at radius 1 is 1.25 bits per heavy atom. The number of hydrogen-bond acceptors (Lipinski definition) is 1. The van der Waals surface area contributed by atoms with Crippen LogP contribution in [0, 0.1) is 11.8 Å². The Morgan fingerprint density at radius 2 is 2.06 bits per heavy atom. The zero-order valence-electron chi connectivity index (χ0n) is 8.80. The van der Waals surface area contributed by atoms with E-state index in [4.69, 9.17) is 0 Å². The Kier molecular flexibility index (Phi) is 3.19. The molecule has 1 nitrogen and oxygen atoms in total. The second kappa shape index (κ2) is 4.45. The molecule has 0 saturated carbocycles. The van der Waals surface area contributed by atoms with Gasteiger partial charge in [-0.3, -0.25) is 0 Å². The van der Waals surface area contributed by atoms with Crippen molar-refractivity contribution in [2.75, 3.05) is 13.1 Å². The number of nitrogens with one attached hydrogen (secondary N) is 1. The average molecular weight is 229 g/mol. The van der Waals surface area contributed by atoms with Gasteiger partial charge in [0, 0.05) is 6.54 Å². The first-order valence-electron chi connectivity index (χ1n) is 5.41. The van der Waals surface area contributed by atoms with Gasteiger partial charge in [-0.2, -0.15) is 13.2 Å². The van der Waals surface area contributed by atoms with Crippen LogP contribution in [0.2, 0.25) is 0 Å². The third-order valence-corrected chi connectivity index (χ3v) is 3.00. The van der Waals surface area contributed by atoms with Crippen molar-refractivity contribution in [2.24, 2.45) is 11.8 Å². The van der Waals surface area contributed by atoms with Crippen molar-refractivity contribution in [2.45, 2.75) is 12.6 Å². The van der Waals surface area contributed by atoms with Gasteiger partial charge in [0.05, 0.1) is 5.92 Å². The lowest BCUT2D eigenvalue weighted by molar-refractivity contribution is -0.148. The molecule has 1 saturated heterocycles. The van der Waals surface area contributed by atoms with Crippen LogP contribution in [0.1, 0.15) is 6.42 Å². The lowest BCUT2D eigenvalue weighted by Crippen LogP contribution is -2.20. The summed E-state index contributed by atoms with van der Waals surface area (Å²) in [6, 6.07) is 0. The Labute approximate surface area is 92.7 Å². The zero-order chi connectivity index (χ0) is 11.6. The highest BCUT2D eigenvalue weighted by Crippen LogP contribution is 2.33. The van der Waals surface area contributed by atoms with E-state index in [9.17, 15) is 13.2 Å². The predicted molar refractivity (Wildman–Crippen MR) is 56.9 cm³/mol. The maximum absolute atomic E-state index is 12.6. The van der Waals surface area contributed by atoms with Gasteiger partial charge in [-0.25, -0.2) is 0 Å². The second-order valence-electron chi connectivity index (χ2n) is 4.17. The smallest absolute Gasteiger partial charge is 0.316 e. The van der Waals surface area contributed by atoms with Crippen LogP contribution in [0.25, 0.3) is 0 Å². The van der Waals surface area contributed by atoms with Crippen LogP contribution in [-0.2, 0) is 0 Å². The van der Waals surface area contributed by atoms with Gasteiger partial charge >= 0.3 is 6.18 Å². The summed E-state index contributed by atoms with van der Waals surface area (Å²) in [5, 5.41) is 3.17. The van der Waals surface area contributed by atoms with E-state index in [1.54, 1.807) is 12.2 Å². The summed E-state index contributed by atoms with van der Waals surface area (Å²) in [5.74, 6) is -1.22. The number of allylic oxidation sites excluding steroid dienone is 5. The van der Waals surface area contributed by atoms with E-state index in [1.165, 1.54) is 18.2 Å². The van der Waals surface area contributed by atoms with Crippen molar-refractivity contribution < 1.29 is 13.2 Å². The van der Waals surface area contributed by atoms with E-state index < -0.39 is 12.1 Å². The van der Waals surface area contributed by atoms with E-state index in [1.807, 2.05) is 0 Å². The molecule has 88 valence electrons. The molecule has 0 bridgehead atoms. The molecule has 2 rings (SSSR count). The van der Waals surface area contributed by atoms with Crippen LogP contribution < -0.4 is 5.32 Å². The van der Waals surface area contributed by atoms with E-state index in [0.29, 0.717) is 0 Å². The first-order valence-corrected chi connectivity index (χ1v) is 5.41. The number of alkyl halides is 3. The van der Waals surface area contributed by atoms with Crippen LogP contribution in [0.4, 0.5) is 13.2 Å². The lowest BCUT2D eigenvalue weighted by Gasteiger charge is -2.15. The molecular formula is C12H14F3N. The molecule has 2 aliphatic rings. The maximum Gasteiger partial charge on any atom is 0.398 e. The lowest BCUT2D eigenvalue weighted by atomic mass is 9.94. The number of rotatable bonds is 1. The fraction of sp³-hybridized carbons (Fsp3) is 0.500. The maximum atomic E-state index is 12.6. The fourth-order valence-electron chi connectivity index (χ4n) is 2.08. The normalized spacial score (nSPS) is 30.3. The fourth-order valence-corrected chi connectivity index (χ4v) is 2.08. The van der Waals surface area contributed by atoms with Gasteiger partial charge in [0.15, 0.2) is 0 Å². The van der Waals surface area contributed by atoms with Crippen molar-refractivity contribution in [1.29, 1.82) is 0 Å². The standard InChI is InChI=1S/C12H14F3N/c13-12(14,15)11-4-2-1-3-9(7-11)10-5-6-16-8-10/h1-4,7,10-11,16H,5-6,8H2. The van der Waals surface area contributed by atoms with E-state index in [-0.39, 0.29) is 5.92 Å². The molecule has 0 radical (unpaired) electrons. The minimum atomic E-state index is -4.18. The van der Waals surface area contributed by atoms with Crippen molar-refractivity contribution in [3.63, 3.8) is 0 Å². The molecule has 0 aromatic heterocycles. The summed E-state index contributed by atoms with van der Waals surface area (Å²) in [6.45, 7) is 1.67. The van der Waals surface area contributed by atoms with Crippen molar-refractivity contribution in [1.82, 2.24) is 5.32 Å². The van der Waals surface area contributed by atoms with Gasteiger partial charge in [-0.1, -0.05) is 30.4 Å². The Hall–Kier alpha value is -1.03. The van der Waals surface area contributed by atoms with E-state index in [0.717, 1.165) is 25.1 Å². The summed E-state index contributed by atoms with van der Waals surface area (Å²) in [6.07, 6.45) is 4.24. The quantitative estimate of drug-likeness (QED) is 0.729. The summed E-state index contributed by atoms with van der Waals surface area (Å²) in [5.41, 5.74) is 0.803. The minimum absolute atomic E-state index is 0.223. The van der Waals surface area contributed by atoms with Gasteiger partial charge in [0.1, 0.15) is 0 Å². The highest BCUT2D eigenvalue weighted by Gasteiger charge is 2.37. The molecule has 0 amide bonds. The molecule has 1 N–H and O–H groups in total. The minimum Gasteiger partial charge on any atom is -0.316 e. The van der Waals surface area contributed by atoms with E-state index >= 15 is 0 Å². The first kappa shape index (κ1) is 11.5. The summed E-state index contributed by atoms with van der Waals surface area (Å²) in [7, 11) is 0. The topological polar surface area (TPSA) is 12.0 Å². The van der Waals surface area contributed by atoms with Crippen molar-refractivity contribution >= 4 is 0 Å². The molecule has 1 fully saturated rings. The molecule has 0 aromatic rings. The average Bonchev–Trinajstić information content (AvgIpc) is 2.60. The van der Waals surface area contributed by atoms with Gasteiger partial charge < -0.3 is 5.32 Å². The molecule has 1 aliphatic heterocycles. The monoisotopic (exact) mass is 229 g/mol. The molecule has 0 aromatic carbocycles. The van der Waals surface area contributed by atoms with Crippen molar-refractivity contribution in [3.05, 3.63) is 36.0 Å². The Morgan fingerprint density at radius 3 is 2.69 bits per heavy atom. The van der Waals surface area contributed by atoms with Gasteiger partial charge in [-0.05, 0) is 24.5 Å². The van der Waals surface area contributed by atoms with Crippen LogP contribution in [0.15, 0.2) is 36.0 Å². The SMILES string of the molecule is FC(F)(F)C1C=CC=CC(C2CCNC2)=C1. The van der Waals surface area contributed by atoms with Gasteiger partial charge in [0.25, 0.3) is 0 Å². The Balaban J connectivity index is 2.20. The van der Waals surface area contributed by atoms with Crippen LogP contribution in [0.3, 0.4) is 0 Å². The van der Waals surface area contributed by atoms with Crippen molar-refractivity contribution in [3.8, 4) is 0 Å². The molecule has 0 spiro atoms. The molecule has 2 unspecified atom stereocenters. The molecule has 16 heavy (non-hydrogen) atoms. The molecule has 4 heteroatoms. The van der Waals surface area contributed by atoms with Crippen LogP contribution in [-0.4, -0.2) is 19.3 Å². The highest BCUT2D eigenvalue weighted by atomic mass is 19.4.